The summed E-state index contributed by atoms with van der Waals surface area (Å²) in [6, 6.07) is 3.07. The van der Waals surface area contributed by atoms with E-state index in [1.807, 2.05) is 14.0 Å². The Morgan fingerprint density at radius 3 is 2.17 bits per heavy atom. The van der Waals surface area contributed by atoms with Crippen molar-refractivity contribution in [3.05, 3.63) is 47.5 Å². The van der Waals surface area contributed by atoms with Crippen LogP contribution < -0.4 is 16.0 Å². The second-order valence-corrected chi connectivity index (χ2v) is 14.4. The highest BCUT2D eigenvalue weighted by atomic mass is 19.1. The number of halogens is 1. The molecular formula is C37H53FN8O6. The number of rotatable bonds is 15. The molecule has 0 unspecified atom stereocenters. The molecule has 5 amide bonds. The number of carbonyl (C=O) groups excluding carboxylic acids is 5. The van der Waals surface area contributed by atoms with Gasteiger partial charge in [-0.1, -0.05) is 13.0 Å². The van der Waals surface area contributed by atoms with Crippen LogP contribution in [0.3, 0.4) is 0 Å². The SMILES string of the molecule is CCOC(=O)N(C)[C@@H](C)C(=O)N[C@@H](C(=O)N1CCN(C)CC1)[C@@H](C)c1ccc(NC(=O)[C@@H](NC(=O)c2ccnn2CC)C(C2CC2)C2CC2)c(F)c1. The van der Waals surface area contributed by atoms with Gasteiger partial charge < -0.3 is 30.5 Å². The van der Waals surface area contributed by atoms with Crippen molar-refractivity contribution in [3.63, 3.8) is 0 Å². The van der Waals surface area contributed by atoms with E-state index in [9.17, 15) is 24.0 Å². The van der Waals surface area contributed by atoms with Gasteiger partial charge in [0.15, 0.2) is 0 Å². The zero-order valence-corrected chi connectivity index (χ0v) is 31.1. The zero-order valence-electron chi connectivity index (χ0n) is 31.1. The summed E-state index contributed by atoms with van der Waals surface area (Å²) in [4.78, 5) is 72.0. The first-order valence-corrected chi connectivity index (χ1v) is 18.4. The number of benzene rings is 1. The van der Waals surface area contributed by atoms with Crippen LogP contribution >= 0.6 is 0 Å². The average Bonchev–Trinajstić information content (AvgIpc) is 4.09. The molecule has 1 aromatic heterocycles. The number of aryl methyl sites for hydroxylation is 1. The minimum Gasteiger partial charge on any atom is -0.450 e. The molecule has 284 valence electrons. The molecule has 4 atom stereocenters. The molecule has 14 nitrogen and oxygen atoms in total. The molecule has 15 heteroatoms. The number of nitrogens with one attached hydrogen (secondary N) is 3. The highest BCUT2D eigenvalue weighted by Crippen LogP contribution is 2.51. The van der Waals surface area contributed by atoms with E-state index in [0.717, 1.165) is 30.6 Å². The normalized spacial score (nSPS) is 18.6. The van der Waals surface area contributed by atoms with Crippen LogP contribution in [0.15, 0.2) is 30.5 Å². The average molecular weight is 725 g/mol. The van der Waals surface area contributed by atoms with E-state index in [0.29, 0.717) is 55.8 Å². The predicted molar refractivity (Wildman–Crippen MR) is 192 cm³/mol. The highest BCUT2D eigenvalue weighted by Gasteiger charge is 2.48. The van der Waals surface area contributed by atoms with Crippen molar-refractivity contribution in [2.24, 2.45) is 17.8 Å². The number of ether oxygens (including phenoxy) is 1. The van der Waals surface area contributed by atoms with Crippen LogP contribution in [-0.4, -0.2) is 119 Å². The predicted octanol–water partition coefficient (Wildman–Crippen LogP) is 3.05. The molecule has 52 heavy (non-hydrogen) atoms. The molecule has 2 aliphatic carbocycles. The number of aromatic nitrogens is 2. The van der Waals surface area contributed by atoms with Crippen LogP contribution in [0.25, 0.3) is 0 Å². The number of anilines is 1. The molecule has 0 bridgehead atoms. The van der Waals surface area contributed by atoms with E-state index in [1.165, 1.54) is 26.1 Å². The first kappa shape index (κ1) is 38.7. The van der Waals surface area contributed by atoms with E-state index < -0.39 is 53.7 Å². The van der Waals surface area contributed by atoms with Gasteiger partial charge in [0.25, 0.3) is 5.91 Å². The van der Waals surface area contributed by atoms with Gasteiger partial charge in [0.2, 0.25) is 17.7 Å². The Labute approximate surface area is 304 Å². The van der Waals surface area contributed by atoms with Gasteiger partial charge in [-0.05, 0) is 95.0 Å². The van der Waals surface area contributed by atoms with Crippen LogP contribution in [0.2, 0.25) is 0 Å². The van der Waals surface area contributed by atoms with Crippen molar-refractivity contribution >= 4 is 35.4 Å². The van der Waals surface area contributed by atoms with Gasteiger partial charge >= 0.3 is 6.09 Å². The number of hydrogen-bond acceptors (Lipinski definition) is 8. The minimum atomic E-state index is -1.07. The third kappa shape index (κ3) is 9.09. The molecule has 3 fully saturated rings. The third-order valence-corrected chi connectivity index (χ3v) is 10.7. The van der Waals surface area contributed by atoms with Crippen LogP contribution in [0.1, 0.15) is 75.3 Å². The molecule has 0 radical (unpaired) electrons. The Balaban J connectivity index is 1.35. The maximum atomic E-state index is 15.9. The smallest absolute Gasteiger partial charge is 0.410 e. The molecule has 3 aliphatic rings. The second kappa shape index (κ2) is 16.9. The van der Waals surface area contributed by atoms with Gasteiger partial charge in [0.1, 0.15) is 29.6 Å². The molecule has 2 heterocycles. The van der Waals surface area contributed by atoms with Gasteiger partial charge in [-0.2, -0.15) is 5.10 Å². The number of piperazine rings is 1. The van der Waals surface area contributed by atoms with Gasteiger partial charge in [-0.25, -0.2) is 9.18 Å². The molecule has 2 saturated carbocycles. The summed E-state index contributed by atoms with van der Waals surface area (Å²) < 4.78 is 22.5. The second-order valence-electron chi connectivity index (χ2n) is 14.4. The highest BCUT2D eigenvalue weighted by molar-refractivity contribution is 6.01. The Hall–Kier alpha value is -4.53. The minimum absolute atomic E-state index is 0.0557. The van der Waals surface area contributed by atoms with Gasteiger partial charge in [0.05, 0.1) is 12.3 Å². The van der Waals surface area contributed by atoms with Crippen molar-refractivity contribution in [1.82, 2.24) is 35.1 Å². The molecule has 0 spiro atoms. The molecule has 1 aromatic carbocycles. The number of likely N-dealkylation sites (N-methyl/N-ethyl adjacent to an activating group) is 2. The summed E-state index contributed by atoms with van der Waals surface area (Å²) >= 11 is 0. The number of amides is 5. The summed E-state index contributed by atoms with van der Waals surface area (Å²) in [5.41, 5.74) is 0.728. The fourth-order valence-electron chi connectivity index (χ4n) is 7.00. The molecule has 1 aliphatic heterocycles. The van der Waals surface area contributed by atoms with Crippen molar-refractivity contribution < 1.29 is 33.1 Å². The lowest BCUT2D eigenvalue weighted by Crippen LogP contribution is -2.58. The van der Waals surface area contributed by atoms with Crippen molar-refractivity contribution in [2.75, 3.05) is 52.2 Å². The standard InChI is InChI=1S/C37H53FN8O6/c1-7-46-29(15-16-39-46)34(48)42-32(30(24-9-10-24)25-11-12-25)35(49)40-28-14-13-26(21-27(28)38)22(3)31(36(50)45-19-17-43(5)18-20-45)41-33(47)23(4)44(6)37(51)52-8-2/h13-16,21-25,30-32H,7-12,17-20H2,1-6H3,(H,40,49)(H,41,47)(H,42,48)/t22-,23-,31+,32-/m0/s1. The summed E-state index contributed by atoms with van der Waals surface area (Å²) in [7, 11) is 3.41. The van der Waals surface area contributed by atoms with Crippen molar-refractivity contribution in [1.29, 1.82) is 0 Å². The van der Waals surface area contributed by atoms with E-state index in [1.54, 1.807) is 41.8 Å². The fourth-order valence-corrected chi connectivity index (χ4v) is 7.00. The Morgan fingerprint density at radius 1 is 0.942 bits per heavy atom. The monoisotopic (exact) mass is 724 g/mol. The van der Waals surface area contributed by atoms with Crippen LogP contribution in [0.4, 0.5) is 14.9 Å². The van der Waals surface area contributed by atoms with Gasteiger partial charge in [0, 0.05) is 51.9 Å². The third-order valence-electron chi connectivity index (χ3n) is 10.7. The topological polar surface area (TPSA) is 158 Å². The van der Waals surface area contributed by atoms with E-state index >= 15 is 4.39 Å². The Morgan fingerprint density at radius 2 is 1.60 bits per heavy atom. The quantitative estimate of drug-likeness (QED) is 0.253. The maximum absolute atomic E-state index is 15.9. The van der Waals surface area contributed by atoms with Crippen LogP contribution in [-0.2, 0) is 25.7 Å². The molecular weight excluding hydrogens is 671 g/mol. The van der Waals surface area contributed by atoms with E-state index in [4.69, 9.17) is 4.74 Å². The van der Waals surface area contributed by atoms with E-state index in [2.05, 4.69) is 25.9 Å². The zero-order chi connectivity index (χ0) is 37.7. The van der Waals surface area contributed by atoms with Gasteiger partial charge in [-0.3, -0.25) is 28.8 Å². The summed E-state index contributed by atoms with van der Waals surface area (Å²) in [5, 5.41) is 12.7. The number of hydrogen-bond donors (Lipinski definition) is 3. The summed E-state index contributed by atoms with van der Waals surface area (Å²) in [6.07, 6.45) is 4.81. The van der Waals surface area contributed by atoms with Gasteiger partial charge in [-0.15, -0.1) is 0 Å². The van der Waals surface area contributed by atoms with Crippen molar-refractivity contribution in [3.8, 4) is 0 Å². The van der Waals surface area contributed by atoms with Crippen LogP contribution in [0, 0.1) is 23.6 Å². The Bertz CT molecular complexity index is 1610. The summed E-state index contributed by atoms with van der Waals surface area (Å²) in [5.74, 6) is -2.59. The lowest BCUT2D eigenvalue weighted by Gasteiger charge is -2.37. The molecule has 3 N–H and O–H groups in total. The molecule has 5 rings (SSSR count). The van der Waals surface area contributed by atoms with Crippen LogP contribution in [0.5, 0.6) is 0 Å². The van der Waals surface area contributed by atoms with E-state index in [-0.39, 0.29) is 24.1 Å². The Kier molecular flexibility index (Phi) is 12.6. The molecule has 2 aromatic rings. The van der Waals surface area contributed by atoms with Crippen molar-refractivity contribution in [2.45, 2.75) is 84.0 Å². The number of nitrogens with zero attached hydrogens (tertiary/aromatic N) is 5. The fraction of sp³-hybridized carbons (Fsp3) is 0.622. The molecule has 1 saturated heterocycles. The maximum Gasteiger partial charge on any atom is 0.410 e. The first-order valence-electron chi connectivity index (χ1n) is 18.4. The number of carbonyl (C=O) groups is 5. The lowest BCUT2D eigenvalue weighted by atomic mass is 9.88. The largest absolute Gasteiger partial charge is 0.450 e. The lowest BCUT2D eigenvalue weighted by molar-refractivity contribution is -0.139. The summed E-state index contributed by atoms with van der Waals surface area (Å²) in [6.45, 7) is 9.71. The first-order chi connectivity index (χ1) is 24.8.